The van der Waals surface area contributed by atoms with Crippen LogP contribution in [0.5, 0.6) is 0 Å². The fraction of sp³-hybridized carbons (Fsp3) is 0.385. The molecule has 9 heteroatoms. The molecule has 2 unspecified atom stereocenters. The summed E-state index contributed by atoms with van der Waals surface area (Å²) in [6, 6.07) is 3.79. The number of nitrogens with two attached hydrogens (primary N) is 1. The summed E-state index contributed by atoms with van der Waals surface area (Å²) in [4.78, 5) is 15.4. The molecule has 22 heavy (non-hydrogen) atoms. The van der Waals surface area contributed by atoms with Gasteiger partial charge in [0.1, 0.15) is 11.4 Å². The van der Waals surface area contributed by atoms with Crippen molar-refractivity contribution in [3.8, 4) is 11.5 Å². The maximum atomic E-state index is 12.7. The van der Waals surface area contributed by atoms with Crippen LogP contribution in [-0.2, 0) is 6.18 Å². The molecule has 0 saturated heterocycles. The van der Waals surface area contributed by atoms with E-state index in [4.69, 9.17) is 5.73 Å². The number of aromatic nitrogens is 4. The first-order valence-electron chi connectivity index (χ1n) is 6.65. The van der Waals surface area contributed by atoms with Crippen LogP contribution in [0.25, 0.3) is 11.5 Å². The van der Waals surface area contributed by atoms with Crippen LogP contribution >= 0.6 is 0 Å². The van der Waals surface area contributed by atoms with Gasteiger partial charge in [0.05, 0.1) is 0 Å². The van der Waals surface area contributed by atoms with E-state index in [1.165, 1.54) is 12.1 Å². The number of hydrogen-bond acceptors (Lipinski definition) is 6. The number of nitrogen functional groups attached to an aromatic ring is 1. The highest BCUT2D eigenvalue weighted by molar-refractivity contribution is 5.53. The van der Waals surface area contributed by atoms with Crippen LogP contribution < -0.4 is 11.1 Å². The Hall–Kier alpha value is -2.45. The van der Waals surface area contributed by atoms with E-state index in [9.17, 15) is 13.2 Å². The standard InChI is InChI=1S/C13H13F3N6/c1-6-5-8(6)19-12-21-10(20-11(17)22-12)7-3-2-4-9(18-7)13(14,15)16/h2-4,6,8H,5H2,1H3,(H3,17,19,20,21,22). The largest absolute Gasteiger partial charge is 0.433 e. The minimum absolute atomic E-state index is 0.00387. The zero-order valence-electron chi connectivity index (χ0n) is 11.6. The Kier molecular flexibility index (Phi) is 3.34. The van der Waals surface area contributed by atoms with Crippen LogP contribution in [0.1, 0.15) is 19.0 Å². The highest BCUT2D eigenvalue weighted by Gasteiger charge is 2.34. The lowest BCUT2D eigenvalue weighted by molar-refractivity contribution is -0.141. The molecule has 1 aliphatic rings. The fourth-order valence-electron chi connectivity index (χ4n) is 1.98. The maximum absolute atomic E-state index is 12.7. The fourth-order valence-corrected chi connectivity index (χ4v) is 1.98. The van der Waals surface area contributed by atoms with Gasteiger partial charge in [-0.3, -0.25) is 0 Å². The molecule has 0 aromatic carbocycles. The molecule has 6 nitrogen and oxygen atoms in total. The average molecular weight is 310 g/mol. The third-order valence-electron chi connectivity index (χ3n) is 3.35. The molecule has 2 heterocycles. The van der Waals surface area contributed by atoms with Crippen molar-refractivity contribution in [2.24, 2.45) is 5.92 Å². The second-order valence-corrected chi connectivity index (χ2v) is 5.21. The number of anilines is 2. The number of rotatable bonds is 3. The van der Waals surface area contributed by atoms with Gasteiger partial charge in [0.15, 0.2) is 5.82 Å². The summed E-state index contributed by atoms with van der Waals surface area (Å²) in [6.07, 6.45) is -3.54. The van der Waals surface area contributed by atoms with Crippen LogP contribution in [0.3, 0.4) is 0 Å². The van der Waals surface area contributed by atoms with Crippen molar-refractivity contribution in [3.63, 3.8) is 0 Å². The summed E-state index contributed by atoms with van der Waals surface area (Å²) < 4.78 is 38.1. The lowest BCUT2D eigenvalue weighted by Crippen LogP contribution is -2.12. The molecule has 3 rings (SSSR count). The van der Waals surface area contributed by atoms with Crippen LogP contribution in [0.4, 0.5) is 25.1 Å². The predicted molar refractivity (Wildman–Crippen MR) is 73.7 cm³/mol. The van der Waals surface area contributed by atoms with Gasteiger partial charge in [-0.25, -0.2) is 4.98 Å². The Morgan fingerprint density at radius 3 is 2.55 bits per heavy atom. The molecule has 1 fully saturated rings. The first-order chi connectivity index (χ1) is 10.3. The van der Waals surface area contributed by atoms with Gasteiger partial charge in [-0.1, -0.05) is 13.0 Å². The highest BCUT2D eigenvalue weighted by Crippen LogP contribution is 2.32. The number of hydrogen-bond donors (Lipinski definition) is 2. The minimum Gasteiger partial charge on any atom is -0.368 e. The van der Waals surface area contributed by atoms with Gasteiger partial charge in [0.25, 0.3) is 0 Å². The number of halogens is 3. The first-order valence-corrected chi connectivity index (χ1v) is 6.65. The van der Waals surface area contributed by atoms with Crippen molar-refractivity contribution in [1.29, 1.82) is 0 Å². The summed E-state index contributed by atoms with van der Waals surface area (Å²) >= 11 is 0. The predicted octanol–water partition coefficient (Wildman–Crippen LogP) is 2.35. The monoisotopic (exact) mass is 310 g/mol. The second kappa shape index (κ2) is 5.08. The zero-order valence-corrected chi connectivity index (χ0v) is 11.6. The van der Waals surface area contributed by atoms with E-state index in [-0.39, 0.29) is 29.5 Å². The number of pyridine rings is 1. The Balaban J connectivity index is 1.94. The summed E-state index contributed by atoms with van der Waals surface area (Å²) in [5.74, 6) is 0.693. The maximum Gasteiger partial charge on any atom is 0.433 e. The van der Waals surface area contributed by atoms with E-state index in [0.717, 1.165) is 12.5 Å². The molecular weight excluding hydrogens is 297 g/mol. The van der Waals surface area contributed by atoms with Gasteiger partial charge in [-0.05, 0) is 24.5 Å². The first kappa shape index (κ1) is 14.5. The van der Waals surface area contributed by atoms with Gasteiger partial charge in [0.2, 0.25) is 11.9 Å². The van der Waals surface area contributed by atoms with E-state index >= 15 is 0 Å². The molecule has 2 atom stereocenters. The Labute approximate surface area is 124 Å². The topological polar surface area (TPSA) is 89.6 Å². The molecule has 1 saturated carbocycles. The van der Waals surface area contributed by atoms with Gasteiger partial charge in [0, 0.05) is 6.04 Å². The molecule has 1 aliphatic carbocycles. The van der Waals surface area contributed by atoms with E-state index in [1.807, 2.05) is 0 Å². The minimum atomic E-state index is -4.53. The molecule has 0 radical (unpaired) electrons. The molecule has 2 aromatic rings. The molecule has 0 spiro atoms. The summed E-state index contributed by atoms with van der Waals surface area (Å²) in [6.45, 7) is 2.07. The van der Waals surface area contributed by atoms with Crippen molar-refractivity contribution in [1.82, 2.24) is 19.9 Å². The second-order valence-electron chi connectivity index (χ2n) is 5.21. The highest BCUT2D eigenvalue weighted by atomic mass is 19.4. The molecule has 0 bridgehead atoms. The van der Waals surface area contributed by atoms with E-state index in [1.54, 1.807) is 0 Å². The third-order valence-corrected chi connectivity index (χ3v) is 3.35. The average Bonchev–Trinajstić information content (AvgIpc) is 3.12. The summed E-state index contributed by atoms with van der Waals surface area (Å²) in [5.41, 5.74) is 4.59. The molecule has 2 aromatic heterocycles. The van der Waals surface area contributed by atoms with Gasteiger partial charge < -0.3 is 11.1 Å². The summed E-state index contributed by atoms with van der Waals surface area (Å²) in [7, 11) is 0. The van der Waals surface area contributed by atoms with Crippen molar-refractivity contribution < 1.29 is 13.2 Å². The lowest BCUT2D eigenvalue weighted by atomic mass is 10.3. The number of nitrogens with zero attached hydrogens (tertiary/aromatic N) is 4. The quantitative estimate of drug-likeness (QED) is 0.904. The number of nitrogens with one attached hydrogen (secondary N) is 1. The Morgan fingerprint density at radius 1 is 1.18 bits per heavy atom. The van der Waals surface area contributed by atoms with Crippen LogP contribution in [0.15, 0.2) is 18.2 Å². The molecule has 0 amide bonds. The SMILES string of the molecule is CC1CC1Nc1nc(N)nc(-c2cccc(C(F)(F)F)n2)n1. The normalized spacial score (nSPS) is 20.7. The van der Waals surface area contributed by atoms with Crippen molar-refractivity contribution in [2.45, 2.75) is 25.6 Å². The van der Waals surface area contributed by atoms with Gasteiger partial charge >= 0.3 is 6.18 Å². The Morgan fingerprint density at radius 2 is 1.91 bits per heavy atom. The molecule has 116 valence electrons. The smallest absolute Gasteiger partial charge is 0.368 e. The zero-order chi connectivity index (χ0) is 15.9. The van der Waals surface area contributed by atoms with Crippen LogP contribution in [0, 0.1) is 5.92 Å². The van der Waals surface area contributed by atoms with Gasteiger partial charge in [-0.15, -0.1) is 0 Å². The molecule has 0 aliphatic heterocycles. The van der Waals surface area contributed by atoms with Crippen LogP contribution in [-0.4, -0.2) is 26.0 Å². The molecular formula is C13H13F3N6. The van der Waals surface area contributed by atoms with Crippen molar-refractivity contribution in [2.75, 3.05) is 11.1 Å². The molecule has 3 N–H and O–H groups in total. The lowest BCUT2D eigenvalue weighted by Gasteiger charge is -2.09. The third kappa shape index (κ3) is 3.07. The van der Waals surface area contributed by atoms with E-state index in [0.29, 0.717) is 5.92 Å². The van der Waals surface area contributed by atoms with Crippen molar-refractivity contribution >= 4 is 11.9 Å². The number of alkyl halides is 3. The van der Waals surface area contributed by atoms with E-state index in [2.05, 4.69) is 32.2 Å². The Bertz CT molecular complexity index is 702. The van der Waals surface area contributed by atoms with E-state index < -0.39 is 11.9 Å². The van der Waals surface area contributed by atoms with Crippen LogP contribution in [0.2, 0.25) is 0 Å². The van der Waals surface area contributed by atoms with Gasteiger partial charge in [-0.2, -0.15) is 28.1 Å². The van der Waals surface area contributed by atoms with Crippen molar-refractivity contribution in [3.05, 3.63) is 23.9 Å². The summed E-state index contributed by atoms with van der Waals surface area (Å²) in [5, 5.41) is 3.07.